The average Bonchev–Trinajstić information content (AvgIpc) is 3.43. The maximum atomic E-state index is 12.8. The van der Waals surface area contributed by atoms with Gasteiger partial charge in [-0.3, -0.25) is 14.4 Å². The fourth-order valence-electron chi connectivity index (χ4n) is 7.71. The topological polar surface area (TPSA) is 121 Å². The van der Waals surface area contributed by atoms with E-state index in [1.807, 2.05) is 6.92 Å². The molecular formula is C26H38O9. The highest BCUT2D eigenvalue weighted by Crippen LogP contribution is 2.73. The summed E-state index contributed by atoms with van der Waals surface area (Å²) >= 11 is 0. The Bertz CT molecular complexity index is 897. The molecule has 196 valence electrons. The summed E-state index contributed by atoms with van der Waals surface area (Å²) in [6.07, 6.45) is 0.159. The summed E-state index contributed by atoms with van der Waals surface area (Å²) in [5.74, 6) is -1.90. The lowest BCUT2D eigenvalue weighted by Gasteiger charge is -2.69. The minimum atomic E-state index is -1.13. The SMILES string of the molecule is CC(=O)O[C@@H]1[C@@H](C)[C@](C)(CC[C@H]2CCOC2=O)[C@H]2C[C@@H]3C[C@]4(CO4)[C@]2([C@@H](OC(=O)C(C)C)O3)[C@H]1O. The molecule has 9 nitrogen and oxygen atoms in total. The number of aliphatic hydroxyl groups excluding tert-OH is 1. The van der Waals surface area contributed by atoms with E-state index in [2.05, 4.69) is 6.92 Å². The lowest BCUT2D eigenvalue weighted by molar-refractivity contribution is -0.382. The second kappa shape index (κ2) is 8.42. The van der Waals surface area contributed by atoms with Gasteiger partial charge in [0.15, 0.2) is 0 Å². The molecule has 0 amide bonds. The molecule has 2 bridgehead atoms. The summed E-state index contributed by atoms with van der Waals surface area (Å²) in [4.78, 5) is 37.2. The molecule has 6 aliphatic rings. The number of carbonyl (C=O) groups is 3. The monoisotopic (exact) mass is 494 g/mol. The first-order chi connectivity index (χ1) is 16.5. The third kappa shape index (κ3) is 3.55. The Morgan fingerprint density at radius 2 is 1.97 bits per heavy atom. The molecule has 9 heteroatoms. The number of cyclic esters (lactones) is 1. The number of esters is 3. The van der Waals surface area contributed by atoms with Gasteiger partial charge in [-0.15, -0.1) is 0 Å². The Morgan fingerprint density at radius 3 is 2.54 bits per heavy atom. The standard InChI is InChI=1S/C26H38O9/c1-13(2)21(29)35-23-26-18(10-17(34-23)11-25(26)12-32-25)24(5,8-6-16-7-9-31-22(16)30)14(3)19(20(26)28)33-15(4)27/h13-14,16-20,23,28H,6-12H2,1-5H3/t14-,16+,17-,18-,19-,20+,23-,24+,25+,26+/m1/s1. The van der Waals surface area contributed by atoms with E-state index in [-0.39, 0.29) is 35.7 Å². The number of rotatable bonds is 6. The van der Waals surface area contributed by atoms with Crippen molar-refractivity contribution in [1.82, 2.24) is 0 Å². The van der Waals surface area contributed by atoms with Crippen LogP contribution in [-0.2, 0) is 38.1 Å². The Hall–Kier alpha value is -1.71. The molecular weight excluding hydrogens is 456 g/mol. The Labute approximate surface area is 206 Å². The molecule has 1 N–H and O–H groups in total. The largest absolute Gasteiger partial charge is 0.465 e. The molecule has 0 aromatic rings. The van der Waals surface area contributed by atoms with Crippen LogP contribution in [0.3, 0.4) is 0 Å². The average molecular weight is 495 g/mol. The van der Waals surface area contributed by atoms with Crippen molar-refractivity contribution in [2.45, 2.75) is 96.9 Å². The predicted octanol–water partition coefficient (Wildman–Crippen LogP) is 2.37. The number of carbonyl (C=O) groups excluding carboxylic acids is 3. The molecule has 6 fully saturated rings. The Balaban J connectivity index is 1.58. The number of hydrogen-bond acceptors (Lipinski definition) is 9. The molecule has 2 aliphatic carbocycles. The molecule has 4 aliphatic heterocycles. The van der Waals surface area contributed by atoms with Crippen LogP contribution in [0.1, 0.15) is 66.7 Å². The molecule has 2 spiro atoms. The summed E-state index contributed by atoms with van der Waals surface area (Å²) in [6, 6.07) is 0. The van der Waals surface area contributed by atoms with Gasteiger partial charge < -0.3 is 28.8 Å². The highest BCUT2D eigenvalue weighted by Gasteiger charge is 2.83. The van der Waals surface area contributed by atoms with Crippen LogP contribution in [0.5, 0.6) is 0 Å². The molecule has 2 saturated carbocycles. The van der Waals surface area contributed by atoms with Crippen molar-refractivity contribution in [2.75, 3.05) is 13.2 Å². The van der Waals surface area contributed by atoms with Crippen LogP contribution in [0, 0.1) is 34.5 Å². The van der Waals surface area contributed by atoms with Crippen LogP contribution in [-0.4, -0.2) is 66.4 Å². The maximum absolute atomic E-state index is 12.8. The zero-order chi connectivity index (χ0) is 25.3. The molecule has 0 radical (unpaired) electrons. The number of aliphatic hydroxyl groups is 1. The van der Waals surface area contributed by atoms with Crippen LogP contribution in [0.2, 0.25) is 0 Å². The van der Waals surface area contributed by atoms with Gasteiger partial charge in [-0.1, -0.05) is 27.7 Å². The number of fused-ring (bicyclic) bond motifs is 1. The summed E-state index contributed by atoms with van der Waals surface area (Å²) in [5, 5.41) is 12.0. The number of epoxide rings is 1. The fraction of sp³-hybridized carbons (Fsp3) is 0.885. The third-order valence-corrected chi connectivity index (χ3v) is 9.82. The molecule has 4 heterocycles. The minimum Gasteiger partial charge on any atom is -0.465 e. The quantitative estimate of drug-likeness (QED) is 0.337. The van der Waals surface area contributed by atoms with E-state index < -0.39 is 46.9 Å². The predicted molar refractivity (Wildman–Crippen MR) is 121 cm³/mol. The van der Waals surface area contributed by atoms with Crippen molar-refractivity contribution in [3.05, 3.63) is 0 Å². The van der Waals surface area contributed by atoms with Crippen LogP contribution < -0.4 is 0 Å². The summed E-state index contributed by atoms with van der Waals surface area (Å²) in [6.45, 7) is 9.89. The first-order valence-corrected chi connectivity index (χ1v) is 13.0. The molecule has 0 aromatic carbocycles. The van der Waals surface area contributed by atoms with Gasteiger partial charge in [-0.25, -0.2) is 0 Å². The van der Waals surface area contributed by atoms with E-state index in [1.54, 1.807) is 13.8 Å². The molecule has 6 rings (SSSR count). The normalized spacial score (nSPS) is 48.0. The van der Waals surface area contributed by atoms with Crippen LogP contribution in [0.25, 0.3) is 0 Å². The van der Waals surface area contributed by atoms with Crippen LogP contribution >= 0.6 is 0 Å². The fourth-order valence-corrected chi connectivity index (χ4v) is 7.71. The third-order valence-electron chi connectivity index (χ3n) is 9.82. The maximum Gasteiger partial charge on any atom is 0.310 e. The van der Waals surface area contributed by atoms with Gasteiger partial charge in [0.2, 0.25) is 6.29 Å². The van der Waals surface area contributed by atoms with Gasteiger partial charge in [-0.05, 0) is 37.0 Å². The first kappa shape index (κ1) is 25.0. The van der Waals surface area contributed by atoms with Crippen molar-refractivity contribution in [3.8, 4) is 0 Å². The molecule has 10 atom stereocenters. The second-order valence-corrected chi connectivity index (χ2v) is 11.9. The zero-order valence-electron chi connectivity index (χ0n) is 21.3. The highest BCUT2D eigenvalue weighted by molar-refractivity contribution is 5.74. The van der Waals surface area contributed by atoms with Crippen molar-refractivity contribution in [1.29, 1.82) is 0 Å². The summed E-state index contributed by atoms with van der Waals surface area (Å²) < 4.78 is 29.3. The number of hydrogen-bond donors (Lipinski definition) is 1. The molecule has 4 saturated heterocycles. The van der Waals surface area contributed by atoms with E-state index in [4.69, 9.17) is 23.7 Å². The second-order valence-electron chi connectivity index (χ2n) is 11.9. The molecule has 35 heavy (non-hydrogen) atoms. The lowest BCUT2D eigenvalue weighted by atomic mass is 9.40. The van der Waals surface area contributed by atoms with Crippen molar-refractivity contribution in [2.24, 2.45) is 34.5 Å². The summed E-state index contributed by atoms with van der Waals surface area (Å²) in [5.41, 5.74) is -2.22. The van der Waals surface area contributed by atoms with Gasteiger partial charge in [-0.2, -0.15) is 0 Å². The van der Waals surface area contributed by atoms with Crippen LogP contribution in [0.15, 0.2) is 0 Å². The van der Waals surface area contributed by atoms with Crippen molar-refractivity contribution in [3.63, 3.8) is 0 Å². The molecule has 0 unspecified atom stereocenters. The first-order valence-electron chi connectivity index (χ1n) is 13.0. The Kier molecular flexibility index (Phi) is 6.00. The van der Waals surface area contributed by atoms with Gasteiger partial charge >= 0.3 is 17.9 Å². The van der Waals surface area contributed by atoms with E-state index in [0.717, 1.165) is 0 Å². The highest BCUT2D eigenvalue weighted by atomic mass is 16.7. The van der Waals surface area contributed by atoms with Gasteiger partial charge in [0, 0.05) is 19.3 Å². The Morgan fingerprint density at radius 1 is 1.26 bits per heavy atom. The van der Waals surface area contributed by atoms with Crippen molar-refractivity contribution >= 4 is 17.9 Å². The molecule has 0 aromatic heterocycles. The number of ether oxygens (including phenoxy) is 5. The van der Waals surface area contributed by atoms with Crippen LogP contribution in [0.4, 0.5) is 0 Å². The smallest absolute Gasteiger partial charge is 0.310 e. The lowest BCUT2D eigenvalue weighted by Crippen LogP contribution is -2.78. The van der Waals surface area contributed by atoms with Gasteiger partial charge in [0.25, 0.3) is 0 Å². The van der Waals surface area contributed by atoms with E-state index >= 15 is 0 Å². The summed E-state index contributed by atoms with van der Waals surface area (Å²) in [7, 11) is 0. The zero-order valence-corrected chi connectivity index (χ0v) is 21.3. The van der Waals surface area contributed by atoms with Crippen molar-refractivity contribution < 1.29 is 43.2 Å². The van der Waals surface area contributed by atoms with E-state index in [1.165, 1.54) is 6.92 Å². The van der Waals surface area contributed by atoms with Gasteiger partial charge in [0.05, 0.1) is 36.6 Å². The van der Waals surface area contributed by atoms with E-state index in [9.17, 15) is 19.5 Å². The minimum absolute atomic E-state index is 0.121. The van der Waals surface area contributed by atoms with Gasteiger partial charge in [0.1, 0.15) is 17.8 Å². The van der Waals surface area contributed by atoms with E-state index in [0.29, 0.717) is 45.3 Å².